The van der Waals surface area contributed by atoms with Crippen LogP contribution in [0.2, 0.25) is 0 Å². The molecule has 1 aromatic carbocycles. The number of likely N-dealkylation sites (tertiary alicyclic amines) is 1. The predicted octanol–water partition coefficient (Wildman–Crippen LogP) is 3.31. The van der Waals surface area contributed by atoms with Crippen LogP contribution in [0.15, 0.2) is 29.3 Å². The first-order valence-corrected chi connectivity index (χ1v) is 11.6. The SMILES string of the molecule is CCNC(=NCC1CCN(C(=O)OC(C)(C)C)CC1)NCC1CC(=O)Nc2ccccc21. The summed E-state index contributed by atoms with van der Waals surface area (Å²) in [4.78, 5) is 30.9. The summed E-state index contributed by atoms with van der Waals surface area (Å²) in [6, 6.07) is 7.97. The third kappa shape index (κ3) is 6.87. The second kappa shape index (κ2) is 10.7. The third-order valence-corrected chi connectivity index (χ3v) is 5.74. The normalized spacial score (nSPS) is 19.8. The molecule has 0 spiro atoms. The number of carbonyl (C=O) groups is 2. The lowest BCUT2D eigenvalue weighted by molar-refractivity contribution is -0.116. The van der Waals surface area contributed by atoms with E-state index >= 15 is 0 Å². The quantitative estimate of drug-likeness (QED) is 0.479. The molecule has 2 amide bonds. The van der Waals surface area contributed by atoms with Crippen LogP contribution in [-0.4, -0.2) is 61.2 Å². The highest BCUT2D eigenvalue weighted by atomic mass is 16.6. The van der Waals surface area contributed by atoms with E-state index in [1.807, 2.05) is 45.9 Å². The first-order chi connectivity index (χ1) is 15.2. The highest BCUT2D eigenvalue weighted by molar-refractivity contribution is 5.94. The fraction of sp³-hybridized carbons (Fsp3) is 0.625. The maximum atomic E-state index is 12.2. The summed E-state index contributed by atoms with van der Waals surface area (Å²) in [6.07, 6.45) is 2.06. The fourth-order valence-corrected chi connectivity index (χ4v) is 4.09. The minimum absolute atomic E-state index is 0.0502. The molecule has 1 aromatic rings. The fourth-order valence-electron chi connectivity index (χ4n) is 4.09. The lowest BCUT2D eigenvalue weighted by atomic mass is 9.90. The second-order valence-corrected chi connectivity index (χ2v) is 9.55. The number of fused-ring (bicyclic) bond motifs is 1. The topological polar surface area (TPSA) is 95.1 Å². The van der Waals surface area contributed by atoms with Crippen LogP contribution in [0.1, 0.15) is 58.4 Å². The Hall–Kier alpha value is -2.77. The number of hydrogen-bond donors (Lipinski definition) is 3. The Bertz CT molecular complexity index is 825. The number of aliphatic imine (C=N–C) groups is 1. The largest absolute Gasteiger partial charge is 0.444 e. The van der Waals surface area contributed by atoms with Gasteiger partial charge in [0.1, 0.15) is 5.60 Å². The molecule has 2 heterocycles. The number of amides is 2. The Morgan fingerprint density at radius 2 is 1.94 bits per heavy atom. The Morgan fingerprint density at radius 3 is 2.62 bits per heavy atom. The molecule has 1 saturated heterocycles. The Morgan fingerprint density at radius 1 is 1.22 bits per heavy atom. The van der Waals surface area contributed by atoms with Crippen molar-refractivity contribution in [1.29, 1.82) is 0 Å². The maximum Gasteiger partial charge on any atom is 0.410 e. The van der Waals surface area contributed by atoms with Gasteiger partial charge in [0.2, 0.25) is 5.91 Å². The summed E-state index contributed by atoms with van der Waals surface area (Å²) < 4.78 is 5.48. The lowest BCUT2D eigenvalue weighted by Crippen LogP contribution is -2.43. The Labute approximate surface area is 191 Å². The first-order valence-electron chi connectivity index (χ1n) is 11.6. The van der Waals surface area contributed by atoms with Gasteiger partial charge < -0.3 is 25.6 Å². The van der Waals surface area contributed by atoms with E-state index in [1.54, 1.807) is 4.90 Å². The molecule has 3 N–H and O–H groups in total. The molecular weight excluding hydrogens is 406 g/mol. The van der Waals surface area contributed by atoms with Gasteiger partial charge in [0.25, 0.3) is 0 Å². The number of nitrogens with one attached hydrogen (secondary N) is 3. The third-order valence-electron chi connectivity index (χ3n) is 5.74. The molecule has 0 saturated carbocycles. The number of ether oxygens (including phenoxy) is 1. The van der Waals surface area contributed by atoms with Gasteiger partial charge >= 0.3 is 6.09 Å². The summed E-state index contributed by atoms with van der Waals surface area (Å²) in [5.74, 6) is 1.37. The smallest absolute Gasteiger partial charge is 0.410 e. The summed E-state index contributed by atoms with van der Waals surface area (Å²) in [5.41, 5.74) is 1.59. The summed E-state index contributed by atoms with van der Waals surface area (Å²) in [7, 11) is 0. The van der Waals surface area contributed by atoms with E-state index in [1.165, 1.54) is 0 Å². The molecule has 3 rings (SSSR count). The number of piperidine rings is 1. The monoisotopic (exact) mass is 443 g/mol. The van der Waals surface area contributed by atoms with E-state index in [0.29, 0.717) is 38.5 Å². The van der Waals surface area contributed by atoms with Crippen molar-refractivity contribution >= 4 is 23.6 Å². The van der Waals surface area contributed by atoms with Gasteiger partial charge in [-0.05, 0) is 58.1 Å². The molecule has 32 heavy (non-hydrogen) atoms. The van der Waals surface area contributed by atoms with E-state index in [0.717, 1.165) is 36.6 Å². The van der Waals surface area contributed by atoms with Gasteiger partial charge in [0.05, 0.1) is 0 Å². The van der Waals surface area contributed by atoms with Gasteiger partial charge in [0, 0.05) is 50.7 Å². The zero-order valence-corrected chi connectivity index (χ0v) is 19.7. The van der Waals surface area contributed by atoms with Crippen molar-refractivity contribution in [1.82, 2.24) is 15.5 Å². The minimum atomic E-state index is -0.468. The van der Waals surface area contributed by atoms with Gasteiger partial charge in [-0.2, -0.15) is 0 Å². The summed E-state index contributed by atoms with van der Waals surface area (Å²) >= 11 is 0. The second-order valence-electron chi connectivity index (χ2n) is 9.55. The molecular formula is C24H37N5O3. The molecule has 0 radical (unpaired) electrons. The number of anilines is 1. The van der Waals surface area contributed by atoms with Gasteiger partial charge in [-0.3, -0.25) is 9.79 Å². The van der Waals surface area contributed by atoms with Crippen LogP contribution in [0, 0.1) is 5.92 Å². The molecule has 176 valence electrons. The standard InChI is InChI=1S/C24H37N5O3/c1-5-25-22(27-16-18-14-21(30)28-20-9-7-6-8-19(18)20)26-15-17-10-12-29(13-11-17)23(31)32-24(2,3)4/h6-9,17-18H,5,10-16H2,1-4H3,(H,28,30)(H2,25,26,27). The Kier molecular flexibility index (Phi) is 7.99. The average molecular weight is 444 g/mol. The zero-order chi connectivity index (χ0) is 23.1. The van der Waals surface area contributed by atoms with Crippen molar-refractivity contribution in [3.63, 3.8) is 0 Å². The molecule has 0 bridgehead atoms. The average Bonchev–Trinajstić information content (AvgIpc) is 2.74. The van der Waals surface area contributed by atoms with Crippen molar-refractivity contribution in [2.75, 3.05) is 38.0 Å². The van der Waals surface area contributed by atoms with Crippen molar-refractivity contribution in [3.8, 4) is 0 Å². The van der Waals surface area contributed by atoms with E-state index in [2.05, 4.69) is 22.0 Å². The van der Waals surface area contributed by atoms with E-state index in [-0.39, 0.29) is 17.9 Å². The Balaban J connectivity index is 1.51. The van der Waals surface area contributed by atoms with Crippen LogP contribution < -0.4 is 16.0 Å². The highest BCUT2D eigenvalue weighted by Crippen LogP contribution is 2.31. The van der Waals surface area contributed by atoms with E-state index < -0.39 is 5.60 Å². The van der Waals surface area contributed by atoms with Crippen LogP contribution in [0.3, 0.4) is 0 Å². The van der Waals surface area contributed by atoms with Crippen LogP contribution in [-0.2, 0) is 9.53 Å². The van der Waals surface area contributed by atoms with Gasteiger partial charge in [-0.15, -0.1) is 0 Å². The molecule has 2 aliphatic rings. The number of hydrogen-bond acceptors (Lipinski definition) is 4. The predicted molar refractivity (Wildman–Crippen MR) is 127 cm³/mol. The van der Waals surface area contributed by atoms with Crippen molar-refractivity contribution in [2.45, 2.75) is 58.5 Å². The minimum Gasteiger partial charge on any atom is -0.444 e. The molecule has 0 aromatic heterocycles. The molecule has 2 aliphatic heterocycles. The molecule has 1 fully saturated rings. The molecule has 8 heteroatoms. The number of guanidine groups is 1. The number of rotatable bonds is 5. The van der Waals surface area contributed by atoms with Crippen molar-refractivity contribution in [2.24, 2.45) is 10.9 Å². The van der Waals surface area contributed by atoms with E-state index in [4.69, 9.17) is 9.73 Å². The van der Waals surface area contributed by atoms with Crippen molar-refractivity contribution < 1.29 is 14.3 Å². The summed E-state index contributed by atoms with van der Waals surface area (Å²) in [6.45, 7) is 11.2. The van der Waals surface area contributed by atoms with Gasteiger partial charge in [0.15, 0.2) is 5.96 Å². The molecule has 1 unspecified atom stereocenters. The first kappa shape index (κ1) is 23.9. The molecule has 8 nitrogen and oxygen atoms in total. The summed E-state index contributed by atoms with van der Waals surface area (Å²) in [5, 5.41) is 9.67. The lowest BCUT2D eigenvalue weighted by Gasteiger charge is -2.33. The van der Waals surface area contributed by atoms with Gasteiger partial charge in [-0.25, -0.2) is 4.79 Å². The van der Waals surface area contributed by atoms with Crippen LogP contribution in [0.5, 0.6) is 0 Å². The zero-order valence-electron chi connectivity index (χ0n) is 19.7. The number of para-hydroxylation sites is 1. The van der Waals surface area contributed by atoms with Gasteiger partial charge in [-0.1, -0.05) is 18.2 Å². The molecule has 1 atom stereocenters. The molecule has 0 aliphatic carbocycles. The van der Waals surface area contributed by atoms with Crippen LogP contribution >= 0.6 is 0 Å². The van der Waals surface area contributed by atoms with Crippen LogP contribution in [0.4, 0.5) is 10.5 Å². The number of benzene rings is 1. The number of nitrogens with zero attached hydrogens (tertiary/aromatic N) is 2. The maximum absolute atomic E-state index is 12.2. The number of carbonyl (C=O) groups excluding carboxylic acids is 2. The van der Waals surface area contributed by atoms with Crippen LogP contribution in [0.25, 0.3) is 0 Å². The highest BCUT2D eigenvalue weighted by Gasteiger charge is 2.27. The van der Waals surface area contributed by atoms with Crippen molar-refractivity contribution in [3.05, 3.63) is 29.8 Å². The van der Waals surface area contributed by atoms with E-state index in [9.17, 15) is 9.59 Å².